The van der Waals surface area contributed by atoms with Crippen LogP contribution in [0.5, 0.6) is 0 Å². The van der Waals surface area contributed by atoms with Gasteiger partial charge in [-0.05, 0) is 24.1 Å². The molecule has 0 saturated carbocycles. The summed E-state index contributed by atoms with van der Waals surface area (Å²) in [5.41, 5.74) is 16.3. The van der Waals surface area contributed by atoms with Crippen molar-refractivity contribution in [2.75, 3.05) is 5.73 Å². The van der Waals surface area contributed by atoms with E-state index in [2.05, 4.69) is 15.3 Å². The van der Waals surface area contributed by atoms with E-state index < -0.39 is 5.91 Å². The average molecular weight is 332 g/mol. The van der Waals surface area contributed by atoms with Crippen LogP contribution in [0.1, 0.15) is 16.1 Å². The summed E-state index contributed by atoms with van der Waals surface area (Å²) in [6.07, 6.45) is 1.85. The molecule has 0 saturated heterocycles. The lowest BCUT2D eigenvalue weighted by atomic mass is 9.95. The molecule has 4 N–H and O–H groups in total. The highest BCUT2D eigenvalue weighted by Gasteiger charge is 2.17. The Balaban J connectivity index is 2.03. The monoisotopic (exact) mass is 332 g/mol. The van der Waals surface area contributed by atoms with Gasteiger partial charge in [0.25, 0.3) is 5.91 Å². The van der Waals surface area contributed by atoms with Crippen molar-refractivity contribution in [3.8, 4) is 11.1 Å². The van der Waals surface area contributed by atoms with Gasteiger partial charge in [-0.3, -0.25) is 9.48 Å². The van der Waals surface area contributed by atoms with Crippen LogP contribution >= 0.6 is 0 Å². The van der Waals surface area contributed by atoms with Gasteiger partial charge in [0.1, 0.15) is 5.52 Å². The van der Waals surface area contributed by atoms with E-state index in [-0.39, 0.29) is 11.4 Å². The molecule has 2 heterocycles. The van der Waals surface area contributed by atoms with Crippen molar-refractivity contribution in [1.82, 2.24) is 20.0 Å². The molecule has 0 aliphatic heterocycles. The highest BCUT2D eigenvalue weighted by Crippen LogP contribution is 2.34. The standard InChI is InChI=1S/C18H16N6O/c1-9-10(6-7-14-13(9)8-21-24(14)2)11-4-3-5-12-15(19)17(18(20)25)23-22-16(11)12/h3-8H,1-2H3,(H2,19,22)(H2,20,25). The van der Waals surface area contributed by atoms with Crippen LogP contribution in [-0.4, -0.2) is 25.9 Å². The van der Waals surface area contributed by atoms with E-state index in [9.17, 15) is 4.79 Å². The van der Waals surface area contributed by atoms with Gasteiger partial charge in [-0.15, -0.1) is 10.2 Å². The smallest absolute Gasteiger partial charge is 0.271 e. The number of nitrogens with two attached hydrogens (primary N) is 2. The molecule has 2 aromatic heterocycles. The molecule has 4 aromatic rings. The van der Waals surface area contributed by atoms with Crippen molar-refractivity contribution in [1.29, 1.82) is 0 Å². The normalized spacial score (nSPS) is 11.3. The molecule has 25 heavy (non-hydrogen) atoms. The molecule has 0 fully saturated rings. The predicted molar refractivity (Wildman–Crippen MR) is 96.9 cm³/mol. The lowest BCUT2D eigenvalue weighted by Crippen LogP contribution is -2.16. The lowest BCUT2D eigenvalue weighted by Gasteiger charge is -2.11. The number of hydrogen-bond donors (Lipinski definition) is 2. The third-order valence-electron chi connectivity index (χ3n) is 4.56. The largest absolute Gasteiger partial charge is 0.396 e. The van der Waals surface area contributed by atoms with Gasteiger partial charge in [-0.25, -0.2) is 0 Å². The molecule has 0 aliphatic rings. The number of primary amides is 1. The van der Waals surface area contributed by atoms with Gasteiger partial charge in [0.2, 0.25) is 0 Å². The highest BCUT2D eigenvalue weighted by molar-refractivity contribution is 6.07. The van der Waals surface area contributed by atoms with Crippen molar-refractivity contribution < 1.29 is 4.79 Å². The van der Waals surface area contributed by atoms with Crippen molar-refractivity contribution in [3.05, 3.63) is 47.8 Å². The quantitative estimate of drug-likeness (QED) is 0.584. The van der Waals surface area contributed by atoms with E-state index in [0.717, 1.165) is 27.6 Å². The summed E-state index contributed by atoms with van der Waals surface area (Å²) in [5.74, 6) is -0.690. The Hall–Kier alpha value is -3.48. The molecule has 0 unspecified atom stereocenters. The molecule has 7 heteroatoms. The zero-order valence-corrected chi connectivity index (χ0v) is 13.8. The number of aromatic nitrogens is 4. The van der Waals surface area contributed by atoms with Crippen LogP contribution in [0, 0.1) is 6.92 Å². The Morgan fingerprint density at radius 3 is 2.64 bits per heavy atom. The molecule has 124 valence electrons. The maximum Gasteiger partial charge on any atom is 0.271 e. The summed E-state index contributed by atoms with van der Waals surface area (Å²) in [4.78, 5) is 11.5. The fourth-order valence-electron chi connectivity index (χ4n) is 3.21. The Morgan fingerprint density at radius 1 is 1.08 bits per heavy atom. The van der Waals surface area contributed by atoms with Gasteiger partial charge < -0.3 is 11.5 Å². The predicted octanol–water partition coefficient (Wildman–Crippen LogP) is 2.17. The summed E-state index contributed by atoms with van der Waals surface area (Å²) >= 11 is 0. The molecule has 0 bridgehead atoms. The Bertz CT molecular complexity index is 1160. The number of rotatable bonds is 2. The summed E-state index contributed by atoms with van der Waals surface area (Å²) in [7, 11) is 1.91. The van der Waals surface area contributed by atoms with E-state index in [4.69, 9.17) is 11.5 Å². The van der Waals surface area contributed by atoms with Crippen molar-refractivity contribution in [2.45, 2.75) is 6.92 Å². The van der Waals surface area contributed by atoms with E-state index in [0.29, 0.717) is 10.9 Å². The first-order valence-corrected chi connectivity index (χ1v) is 7.75. The van der Waals surface area contributed by atoms with E-state index in [1.165, 1.54) is 0 Å². The number of amides is 1. The van der Waals surface area contributed by atoms with Gasteiger partial charge in [-0.2, -0.15) is 5.10 Å². The number of carbonyl (C=O) groups is 1. The maximum absolute atomic E-state index is 11.5. The van der Waals surface area contributed by atoms with Crippen molar-refractivity contribution >= 4 is 33.4 Å². The van der Waals surface area contributed by atoms with Crippen molar-refractivity contribution in [2.24, 2.45) is 12.8 Å². The van der Waals surface area contributed by atoms with E-state index in [1.807, 2.05) is 55.2 Å². The van der Waals surface area contributed by atoms with E-state index >= 15 is 0 Å². The third-order valence-corrected chi connectivity index (χ3v) is 4.56. The maximum atomic E-state index is 11.5. The summed E-state index contributed by atoms with van der Waals surface area (Å²) in [5, 5.41) is 14.2. The first kappa shape index (κ1) is 15.1. The van der Waals surface area contributed by atoms with Crippen molar-refractivity contribution in [3.63, 3.8) is 0 Å². The Morgan fingerprint density at radius 2 is 1.88 bits per heavy atom. The molecule has 0 atom stereocenters. The second kappa shape index (κ2) is 5.27. The van der Waals surface area contributed by atoms with Crippen LogP contribution in [0.3, 0.4) is 0 Å². The number of fused-ring (bicyclic) bond motifs is 2. The number of aryl methyl sites for hydroxylation is 2. The molecule has 1 amide bonds. The fraction of sp³-hybridized carbons (Fsp3) is 0.111. The van der Waals surface area contributed by atoms with Gasteiger partial charge in [0.15, 0.2) is 5.69 Å². The average Bonchev–Trinajstić information content (AvgIpc) is 2.97. The number of benzene rings is 2. The lowest BCUT2D eigenvalue weighted by molar-refractivity contribution is 0.0996. The molecular weight excluding hydrogens is 316 g/mol. The van der Waals surface area contributed by atoms with Crippen LogP contribution in [0.25, 0.3) is 32.9 Å². The van der Waals surface area contributed by atoms with Crippen LogP contribution in [0.4, 0.5) is 5.69 Å². The summed E-state index contributed by atoms with van der Waals surface area (Å²) in [6, 6.07) is 9.72. The second-order valence-electron chi connectivity index (χ2n) is 5.97. The number of anilines is 1. The molecular formula is C18H16N6O. The van der Waals surface area contributed by atoms with Gasteiger partial charge in [0, 0.05) is 23.4 Å². The first-order valence-electron chi connectivity index (χ1n) is 7.75. The Kier molecular flexibility index (Phi) is 3.18. The van der Waals surface area contributed by atoms with Crippen LogP contribution < -0.4 is 11.5 Å². The summed E-state index contributed by atoms with van der Waals surface area (Å²) < 4.78 is 1.84. The number of nitrogens with zero attached hydrogens (tertiary/aromatic N) is 4. The topological polar surface area (TPSA) is 113 Å². The first-order chi connectivity index (χ1) is 12.0. The fourth-order valence-corrected chi connectivity index (χ4v) is 3.21. The zero-order valence-electron chi connectivity index (χ0n) is 13.8. The molecule has 0 radical (unpaired) electrons. The van der Waals surface area contributed by atoms with Crippen LogP contribution in [0.2, 0.25) is 0 Å². The molecule has 2 aromatic carbocycles. The second-order valence-corrected chi connectivity index (χ2v) is 5.97. The summed E-state index contributed by atoms with van der Waals surface area (Å²) in [6.45, 7) is 2.05. The minimum atomic E-state index is -0.690. The highest BCUT2D eigenvalue weighted by atomic mass is 16.1. The number of nitrogen functional groups attached to an aromatic ring is 1. The van der Waals surface area contributed by atoms with Gasteiger partial charge >= 0.3 is 0 Å². The van der Waals surface area contributed by atoms with Crippen LogP contribution in [-0.2, 0) is 7.05 Å². The number of carbonyl (C=O) groups excluding carboxylic acids is 1. The molecule has 4 rings (SSSR count). The minimum absolute atomic E-state index is 0.0101. The zero-order chi connectivity index (χ0) is 17.7. The molecule has 7 nitrogen and oxygen atoms in total. The molecule has 0 spiro atoms. The van der Waals surface area contributed by atoms with Gasteiger partial charge in [0.05, 0.1) is 17.4 Å². The SMILES string of the molecule is Cc1c(-c2cccc3c(N)c(C(N)=O)nnc23)ccc2c1cnn2C. The third kappa shape index (κ3) is 2.13. The van der Waals surface area contributed by atoms with Gasteiger partial charge in [-0.1, -0.05) is 24.3 Å². The van der Waals surface area contributed by atoms with Crippen LogP contribution in [0.15, 0.2) is 36.5 Å². The minimum Gasteiger partial charge on any atom is -0.396 e. The Labute approximate surface area is 143 Å². The van der Waals surface area contributed by atoms with E-state index in [1.54, 1.807) is 0 Å². The molecule has 0 aliphatic carbocycles. The number of hydrogen-bond acceptors (Lipinski definition) is 5.